The number of fused-ring (bicyclic) bond motifs is 1. The Labute approximate surface area is 128 Å². The van der Waals surface area contributed by atoms with Gasteiger partial charge in [-0.05, 0) is 28.5 Å². The summed E-state index contributed by atoms with van der Waals surface area (Å²) in [6.45, 7) is 2.87. The van der Waals surface area contributed by atoms with Crippen molar-refractivity contribution in [2.45, 2.75) is 19.1 Å². The fourth-order valence-electron chi connectivity index (χ4n) is 2.62. The summed E-state index contributed by atoms with van der Waals surface area (Å²) in [6.07, 6.45) is 2.96. The fourth-order valence-corrected chi connectivity index (χ4v) is 3.78. The minimum Gasteiger partial charge on any atom is -0.291 e. The summed E-state index contributed by atoms with van der Waals surface area (Å²) in [5.74, 6) is 0. The molecule has 0 aromatic carbocycles. The molecule has 2 aromatic rings. The van der Waals surface area contributed by atoms with E-state index in [4.69, 9.17) is 0 Å². The summed E-state index contributed by atoms with van der Waals surface area (Å²) in [6, 6.07) is 4.14. The number of aromatic nitrogens is 2. The van der Waals surface area contributed by atoms with Crippen LogP contribution in [0, 0.1) is 0 Å². The summed E-state index contributed by atoms with van der Waals surface area (Å²) in [5, 5.41) is 8.55. The number of nitrogens with zero attached hydrogens (tertiary/aromatic N) is 3. The number of nitrogens with one attached hydrogen (secondary N) is 1. The van der Waals surface area contributed by atoms with Gasteiger partial charge in [0.1, 0.15) is 0 Å². The molecule has 21 heavy (non-hydrogen) atoms. The Morgan fingerprint density at radius 2 is 2.33 bits per heavy atom. The number of sulfonamides is 1. The average molecular weight is 326 g/mol. The van der Waals surface area contributed by atoms with E-state index in [9.17, 15) is 8.42 Å². The van der Waals surface area contributed by atoms with Gasteiger partial charge in [0.15, 0.2) is 0 Å². The highest BCUT2D eigenvalue weighted by molar-refractivity contribution is 7.88. The molecule has 0 aliphatic carbocycles. The van der Waals surface area contributed by atoms with Gasteiger partial charge in [0.05, 0.1) is 18.0 Å². The predicted octanol–water partition coefficient (Wildman–Crippen LogP) is 1.05. The van der Waals surface area contributed by atoms with Crippen molar-refractivity contribution in [2.24, 2.45) is 0 Å². The highest BCUT2D eigenvalue weighted by atomic mass is 32.2. The van der Waals surface area contributed by atoms with Gasteiger partial charge in [-0.3, -0.25) is 9.58 Å². The standard InChI is InChI=1S/C13H18N4O2S2/c1-21(18,19)15-6-13-9-16(7-11-3-5-20-10-11)8-12-2-4-14-17(12)13/h2-5,10,13,15H,6-9H2,1H3/t13-/m0/s1. The quantitative estimate of drug-likeness (QED) is 0.892. The van der Waals surface area contributed by atoms with Crippen LogP contribution >= 0.6 is 11.3 Å². The van der Waals surface area contributed by atoms with E-state index in [1.807, 2.05) is 10.7 Å². The van der Waals surface area contributed by atoms with E-state index in [0.717, 1.165) is 25.3 Å². The van der Waals surface area contributed by atoms with Crippen LogP contribution in [0.3, 0.4) is 0 Å². The largest absolute Gasteiger partial charge is 0.291 e. The van der Waals surface area contributed by atoms with E-state index in [2.05, 4.69) is 31.5 Å². The first-order chi connectivity index (χ1) is 10.0. The molecule has 1 atom stereocenters. The van der Waals surface area contributed by atoms with E-state index in [1.165, 1.54) is 11.8 Å². The molecular weight excluding hydrogens is 308 g/mol. The summed E-state index contributed by atoms with van der Waals surface area (Å²) >= 11 is 1.69. The molecule has 2 aromatic heterocycles. The second-order valence-electron chi connectivity index (χ2n) is 5.34. The number of hydrogen-bond acceptors (Lipinski definition) is 5. The zero-order valence-electron chi connectivity index (χ0n) is 11.8. The van der Waals surface area contributed by atoms with Crippen molar-refractivity contribution in [3.05, 3.63) is 40.3 Å². The van der Waals surface area contributed by atoms with Crippen molar-refractivity contribution in [2.75, 3.05) is 19.3 Å². The van der Waals surface area contributed by atoms with E-state index in [-0.39, 0.29) is 6.04 Å². The van der Waals surface area contributed by atoms with Crippen LogP contribution in [0.2, 0.25) is 0 Å². The lowest BCUT2D eigenvalue weighted by Crippen LogP contribution is -2.42. The van der Waals surface area contributed by atoms with Crippen molar-refractivity contribution in [1.29, 1.82) is 0 Å². The van der Waals surface area contributed by atoms with Crippen molar-refractivity contribution in [3.63, 3.8) is 0 Å². The van der Waals surface area contributed by atoms with Gasteiger partial charge in [0.2, 0.25) is 10.0 Å². The normalized spacial score (nSPS) is 19.6. The Bertz CT molecular complexity index is 694. The van der Waals surface area contributed by atoms with Crippen molar-refractivity contribution < 1.29 is 8.42 Å². The Kier molecular flexibility index (Phi) is 4.12. The van der Waals surface area contributed by atoms with E-state index in [0.29, 0.717) is 6.54 Å². The highest BCUT2D eigenvalue weighted by Crippen LogP contribution is 2.22. The zero-order valence-corrected chi connectivity index (χ0v) is 13.4. The molecule has 0 fully saturated rings. The lowest BCUT2D eigenvalue weighted by Gasteiger charge is -2.33. The fraction of sp³-hybridized carbons (Fsp3) is 0.462. The average Bonchev–Trinajstić information content (AvgIpc) is 3.05. The molecule has 3 heterocycles. The summed E-state index contributed by atoms with van der Waals surface area (Å²) in [5.41, 5.74) is 2.42. The molecule has 0 spiro atoms. The van der Waals surface area contributed by atoms with Crippen LogP contribution in [0.5, 0.6) is 0 Å². The van der Waals surface area contributed by atoms with Crippen LogP contribution in [0.25, 0.3) is 0 Å². The first kappa shape index (κ1) is 14.7. The topological polar surface area (TPSA) is 67.2 Å². The van der Waals surface area contributed by atoms with Gasteiger partial charge in [-0.2, -0.15) is 16.4 Å². The molecule has 8 heteroatoms. The van der Waals surface area contributed by atoms with Crippen LogP contribution in [0.4, 0.5) is 0 Å². The number of rotatable bonds is 5. The number of thiophene rings is 1. The smallest absolute Gasteiger partial charge is 0.208 e. The Morgan fingerprint density at radius 1 is 1.48 bits per heavy atom. The Hall–Kier alpha value is -1.22. The lowest BCUT2D eigenvalue weighted by atomic mass is 10.1. The maximum atomic E-state index is 11.3. The molecule has 0 bridgehead atoms. The van der Waals surface area contributed by atoms with Gasteiger partial charge < -0.3 is 0 Å². The third-order valence-electron chi connectivity index (χ3n) is 3.52. The molecule has 1 aliphatic heterocycles. The zero-order chi connectivity index (χ0) is 14.9. The third-order valence-corrected chi connectivity index (χ3v) is 4.94. The molecule has 1 aliphatic rings. The maximum Gasteiger partial charge on any atom is 0.208 e. The van der Waals surface area contributed by atoms with Crippen molar-refractivity contribution in [1.82, 2.24) is 19.4 Å². The van der Waals surface area contributed by atoms with Gasteiger partial charge in [-0.15, -0.1) is 0 Å². The van der Waals surface area contributed by atoms with Crippen LogP contribution < -0.4 is 4.72 Å². The third kappa shape index (κ3) is 3.70. The highest BCUT2D eigenvalue weighted by Gasteiger charge is 2.26. The molecule has 1 N–H and O–H groups in total. The van der Waals surface area contributed by atoms with Crippen molar-refractivity contribution >= 4 is 21.4 Å². The van der Waals surface area contributed by atoms with Gasteiger partial charge in [0.25, 0.3) is 0 Å². The summed E-state index contributed by atoms with van der Waals surface area (Å²) < 4.78 is 27.1. The Balaban J connectivity index is 1.73. The molecular formula is C13H18N4O2S2. The Morgan fingerprint density at radius 3 is 3.05 bits per heavy atom. The molecule has 0 saturated carbocycles. The van der Waals surface area contributed by atoms with Crippen LogP contribution in [-0.4, -0.2) is 42.4 Å². The molecule has 114 valence electrons. The molecule has 0 amide bonds. The van der Waals surface area contributed by atoms with Crippen LogP contribution in [0.15, 0.2) is 29.1 Å². The van der Waals surface area contributed by atoms with Gasteiger partial charge in [0, 0.05) is 32.4 Å². The van der Waals surface area contributed by atoms with Crippen LogP contribution in [0.1, 0.15) is 17.3 Å². The first-order valence-corrected chi connectivity index (χ1v) is 9.55. The van der Waals surface area contributed by atoms with Gasteiger partial charge in [-0.1, -0.05) is 0 Å². The van der Waals surface area contributed by atoms with E-state index < -0.39 is 10.0 Å². The van der Waals surface area contributed by atoms with Gasteiger partial charge >= 0.3 is 0 Å². The minimum atomic E-state index is -3.18. The second kappa shape index (κ2) is 5.88. The van der Waals surface area contributed by atoms with E-state index in [1.54, 1.807) is 17.5 Å². The van der Waals surface area contributed by atoms with E-state index >= 15 is 0 Å². The molecule has 3 rings (SSSR count). The van der Waals surface area contributed by atoms with Crippen molar-refractivity contribution in [3.8, 4) is 0 Å². The predicted molar refractivity (Wildman–Crippen MR) is 82.5 cm³/mol. The maximum absolute atomic E-state index is 11.3. The number of hydrogen-bond donors (Lipinski definition) is 1. The molecule has 0 saturated heterocycles. The van der Waals surface area contributed by atoms with Crippen LogP contribution in [-0.2, 0) is 23.1 Å². The first-order valence-electron chi connectivity index (χ1n) is 6.72. The van der Waals surface area contributed by atoms with Gasteiger partial charge in [-0.25, -0.2) is 13.1 Å². The lowest BCUT2D eigenvalue weighted by molar-refractivity contribution is 0.168. The molecule has 0 radical (unpaired) electrons. The molecule has 0 unspecified atom stereocenters. The SMILES string of the molecule is CS(=O)(=O)NC[C@H]1CN(Cc2ccsc2)Cc2ccnn21. The molecule has 6 nitrogen and oxygen atoms in total. The second-order valence-corrected chi connectivity index (χ2v) is 7.96. The minimum absolute atomic E-state index is 0.0251. The monoisotopic (exact) mass is 326 g/mol. The summed E-state index contributed by atoms with van der Waals surface area (Å²) in [4.78, 5) is 2.33. The summed E-state index contributed by atoms with van der Waals surface area (Å²) in [7, 11) is -3.18.